The number of benzene rings is 2. The number of carbonyl (C=O) groups is 1. The van der Waals surface area contributed by atoms with Crippen LogP contribution in [0.4, 0.5) is 5.69 Å². The molecule has 2 aromatic carbocycles. The third kappa shape index (κ3) is 3.57. The van der Waals surface area contributed by atoms with E-state index in [9.17, 15) is 15.2 Å². The molecule has 0 aliphatic carbocycles. The summed E-state index contributed by atoms with van der Waals surface area (Å²) in [7, 11) is 0. The zero-order chi connectivity index (χ0) is 19.6. The fourth-order valence-electron chi connectivity index (χ4n) is 4.19. The maximum Gasteiger partial charge on any atom is 0.276 e. The Morgan fingerprint density at radius 2 is 1.96 bits per heavy atom. The molecule has 1 fully saturated rings. The number of halogens is 1. The van der Waals surface area contributed by atoms with E-state index in [0.29, 0.717) is 18.0 Å². The van der Waals surface area contributed by atoms with Crippen LogP contribution in [0.3, 0.4) is 0 Å². The van der Waals surface area contributed by atoms with Gasteiger partial charge in [0.25, 0.3) is 5.91 Å². The van der Waals surface area contributed by atoms with Crippen molar-refractivity contribution < 1.29 is 9.90 Å². The Hall–Kier alpha value is -2.39. The zero-order valence-electron chi connectivity index (χ0n) is 15.2. The third-order valence-electron chi connectivity index (χ3n) is 5.44. The molecule has 1 heterocycles. The molecule has 1 unspecified atom stereocenters. The van der Waals surface area contributed by atoms with E-state index >= 15 is 0 Å². The largest absolute Gasteiger partial charge is 0.392 e. The molecular weight excluding hydrogens is 362 g/mol. The normalized spacial score (nSPS) is 24.5. The highest BCUT2D eigenvalue weighted by Crippen LogP contribution is 2.42. The highest BCUT2D eigenvalue weighted by Gasteiger charge is 2.51. The molecule has 3 N–H and O–H groups in total. The molecule has 1 aliphatic heterocycles. The number of nitrogens with two attached hydrogens (primary N) is 1. The Kier molecular flexibility index (Phi) is 5.52. The van der Waals surface area contributed by atoms with Gasteiger partial charge in [-0.25, -0.2) is 0 Å². The van der Waals surface area contributed by atoms with Crippen molar-refractivity contribution >= 4 is 23.2 Å². The van der Waals surface area contributed by atoms with Crippen LogP contribution in [0.2, 0.25) is 5.02 Å². The van der Waals surface area contributed by atoms with Gasteiger partial charge in [0.2, 0.25) is 0 Å². The number of carbonyl (C=O) groups excluding carboxylic acids is 1. The fourth-order valence-corrected chi connectivity index (χ4v) is 4.47. The molecule has 3 rings (SSSR count). The van der Waals surface area contributed by atoms with Crippen LogP contribution in [0.5, 0.6) is 0 Å². The molecule has 6 heteroatoms. The van der Waals surface area contributed by atoms with Gasteiger partial charge in [0, 0.05) is 18.4 Å². The molecule has 2 aromatic rings. The number of hydrogen-bond acceptors (Lipinski definition) is 3. The van der Waals surface area contributed by atoms with Crippen molar-refractivity contribution in [2.24, 2.45) is 11.7 Å². The minimum atomic E-state index is -0.468. The fraction of sp³-hybridized carbons (Fsp3) is 0.333. The lowest BCUT2D eigenvalue weighted by Gasteiger charge is -2.37. The number of likely N-dealkylation sites (tertiary alicyclic amines) is 1. The highest BCUT2D eigenvalue weighted by molar-refractivity contribution is 6.33. The van der Waals surface area contributed by atoms with E-state index < -0.39 is 11.9 Å². The molecular formula is C21H23ClN3O2+. The number of aliphatic hydroxyl groups is 1. The molecule has 0 bridgehead atoms. The second-order valence-electron chi connectivity index (χ2n) is 7.31. The average Bonchev–Trinajstić information content (AvgIpc) is 3.00. The number of hydrogen-bond donors (Lipinski definition) is 2. The van der Waals surface area contributed by atoms with Crippen LogP contribution in [-0.4, -0.2) is 30.1 Å². The molecule has 1 amide bonds. The molecule has 0 saturated carbocycles. The smallest absolute Gasteiger partial charge is 0.276 e. The van der Waals surface area contributed by atoms with Crippen molar-refractivity contribution in [2.45, 2.75) is 26.0 Å². The number of rotatable bonds is 5. The number of nitrogens with zero attached hydrogens (tertiary/aromatic N) is 2. The summed E-state index contributed by atoms with van der Waals surface area (Å²) < 4.78 is 0.175. The van der Waals surface area contributed by atoms with Crippen molar-refractivity contribution in [3.63, 3.8) is 0 Å². The second kappa shape index (κ2) is 7.69. The summed E-state index contributed by atoms with van der Waals surface area (Å²) in [5, 5.41) is 19.2. The molecule has 1 aliphatic rings. The van der Waals surface area contributed by atoms with Crippen LogP contribution in [0.1, 0.15) is 18.9 Å². The SMILES string of the molecule is C[C@H]1C[C@@H](C(N)=O)[N+](CC#N)(c2cc(-c3ccc(CO)cc3)ccc2Cl)C1. The van der Waals surface area contributed by atoms with Gasteiger partial charge in [-0.3, -0.25) is 9.28 Å². The van der Waals surface area contributed by atoms with E-state index in [1.807, 2.05) is 42.5 Å². The maximum absolute atomic E-state index is 12.2. The zero-order valence-corrected chi connectivity index (χ0v) is 16.0. The molecule has 140 valence electrons. The quantitative estimate of drug-likeness (QED) is 0.612. The predicted molar refractivity (Wildman–Crippen MR) is 107 cm³/mol. The summed E-state index contributed by atoms with van der Waals surface area (Å²) in [6, 6.07) is 15.1. The van der Waals surface area contributed by atoms with Gasteiger partial charge in [0.15, 0.2) is 18.3 Å². The minimum absolute atomic E-state index is 0.00744. The first kappa shape index (κ1) is 19.4. The van der Waals surface area contributed by atoms with E-state index in [1.165, 1.54) is 0 Å². The first-order valence-electron chi connectivity index (χ1n) is 8.94. The standard InChI is InChI=1S/C21H22ClN3O2/c1-14-10-20(21(24)27)25(12-14,9-8-23)19-11-17(6-7-18(19)22)16-4-2-15(13-26)3-5-16/h2-7,11,14,20,26H,9-10,12-13H2,1H3,(H-,24,27)/p+1/t14-,20-,25?/m0/s1. The highest BCUT2D eigenvalue weighted by atomic mass is 35.5. The predicted octanol–water partition coefficient (Wildman–Crippen LogP) is 3.22. The Balaban J connectivity index is 2.13. The number of aliphatic hydroxyl groups excluding tert-OH is 1. The van der Waals surface area contributed by atoms with E-state index in [-0.39, 0.29) is 23.6 Å². The van der Waals surface area contributed by atoms with E-state index in [0.717, 1.165) is 22.4 Å². The Morgan fingerprint density at radius 1 is 1.30 bits per heavy atom. The summed E-state index contributed by atoms with van der Waals surface area (Å²) in [6.07, 6.45) is 0.642. The van der Waals surface area contributed by atoms with Crippen LogP contribution in [-0.2, 0) is 11.4 Å². The van der Waals surface area contributed by atoms with Crippen molar-refractivity contribution in [3.05, 3.63) is 53.1 Å². The summed E-state index contributed by atoms with van der Waals surface area (Å²) in [5.41, 5.74) is 9.22. The Bertz CT molecular complexity index is 891. The van der Waals surface area contributed by atoms with Gasteiger partial charge in [-0.05, 0) is 22.8 Å². The van der Waals surface area contributed by atoms with Gasteiger partial charge in [0.1, 0.15) is 11.1 Å². The molecule has 5 nitrogen and oxygen atoms in total. The molecule has 3 atom stereocenters. The minimum Gasteiger partial charge on any atom is -0.392 e. The second-order valence-corrected chi connectivity index (χ2v) is 7.72. The lowest BCUT2D eigenvalue weighted by atomic mass is 10.0. The van der Waals surface area contributed by atoms with Crippen LogP contribution in [0.25, 0.3) is 11.1 Å². The first-order chi connectivity index (χ1) is 12.9. The van der Waals surface area contributed by atoms with Crippen molar-refractivity contribution in [2.75, 3.05) is 13.1 Å². The maximum atomic E-state index is 12.2. The topological polar surface area (TPSA) is 87.1 Å². The van der Waals surface area contributed by atoms with Gasteiger partial charge in [-0.1, -0.05) is 48.9 Å². The van der Waals surface area contributed by atoms with Crippen LogP contribution < -0.4 is 10.2 Å². The molecule has 0 radical (unpaired) electrons. The van der Waals surface area contributed by atoms with Crippen LogP contribution in [0, 0.1) is 17.2 Å². The van der Waals surface area contributed by atoms with Crippen LogP contribution in [0.15, 0.2) is 42.5 Å². The average molecular weight is 385 g/mol. The third-order valence-corrected chi connectivity index (χ3v) is 5.76. The number of nitriles is 1. The number of amides is 1. The molecule has 1 saturated heterocycles. The Morgan fingerprint density at radius 3 is 2.56 bits per heavy atom. The van der Waals surface area contributed by atoms with Crippen LogP contribution >= 0.6 is 11.6 Å². The van der Waals surface area contributed by atoms with E-state index in [4.69, 9.17) is 17.3 Å². The van der Waals surface area contributed by atoms with Crippen molar-refractivity contribution in [1.29, 1.82) is 5.26 Å². The summed E-state index contributed by atoms with van der Waals surface area (Å²) in [5.74, 6) is -0.136. The van der Waals surface area contributed by atoms with Gasteiger partial charge in [-0.2, -0.15) is 5.26 Å². The van der Waals surface area contributed by atoms with Gasteiger partial charge in [0.05, 0.1) is 13.2 Å². The lowest BCUT2D eigenvalue weighted by Crippen LogP contribution is -2.58. The lowest BCUT2D eigenvalue weighted by molar-refractivity contribution is -0.121. The molecule has 0 spiro atoms. The number of primary amides is 1. The molecule has 0 aromatic heterocycles. The summed E-state index contributed by atoms with van der Waals surface area (Å²) in [6.45, 7) is 2.85. The van der Waals surface area contributed by atoms with E-state index in [2.05, 4.69) is 13.0 Å². The summed E-state index contributed by atoms with van der Waals surface area (Å²) >= 11 is 6.54. The number of quaternary nitrogens is 1. The van der Waals surface area contributed by atoms with Gasteiger partial charge in [-0.15, -0.1) is 0 Å². The van der Waals surface area contributed by atoms with E-state index in [1.54, 1.807) is 0 Å². The van der Waals surface area contributed by atoms with Gasteiger partial charge >= 0.3 is 0 Å². The van der Waals surface area contributed by atoms with Gasteiger partial charge < -0.3 is 10.8 Å². The molecule has 27 heavy (non-hydrogen) atoms. The first-order valence-corrected chi connectivity index (χ1v) is 9.32. The summed E-state index contributed by atoms with van der Waals surface area (Å²) in [4.78, 5) is 12.2. The van der Waals surface area contributed by atoms with Crippen molar-refractivity contribution in [1.82, 2.24) is 4.48 Å². The Labute approximate surface area is 164 Å². The van der Waals surface area contributed by atoms with Crippen molar-refractivity contribution in [3.8, 4) is 17.2 Å². The monoisotopic (exact) mass is 384 g/mol.